The molecule has 3 atom stereocenters. The molecule has 1 fully saturated rings. The van der Waals surface area contributed by atoms with Crippen molar-refractivity contribution in [2.24, 2.45) is 0 Å². The van der Waals surface area contributed by atoms with Crippen LogP contribution >= 0.6 is 0 Å². The lowest BCUT2D eigenvalue weighted by Crippen LogP contribution is -2.55. The predicted octanol–water partition coefficient (Wildman–Crippen LogP) is 1.68. The minimum Gasteiger partial charge on any atom is -0.479 e. The summed E-state index contributed by atoms with van der Waals surface area (Å²) in [6, 6.07) is 7.02. The molecule has 2 rings (SSSR count). The van der Waals surface area contributed by atoms with Crippen molar-refractivity contribution in [1.82, 2.24) is 10.6 Å². The van der Waals surface area contributed by atoms with Crippen LogP contribution in [0.15, 0.2) is 30.3 Å². The Hall–Kier alpha value is -2.08. The minimum atomic E-state index is -1.10. The molecule has 1 aromatic carbocycles. The Balaban J connectivity index is 2.04. The smallest absolute Gasteiger partial charge is 0.330 e. The number of ether oxygens (including phenoxy) is 1. The largest absolute Gasteiger partial charge is 0.479 e. The number of carbonyl (C=O) groups is 2. The molecular weight excluding hydrogens is 272 g/mol. The second-order valence-electron chi connectivity index (χ2n) is 5.46. The Kier molecular flexibility index (Phi) is 4.47. The Labute approximate surface area is 123 Å². The molecule has 0 radical (unpaired) electrons. The van der Waals surface area contributed by atoms with Crippen LogP contribution in [0.4, 0.5) is 4.79 Å². The van der Waals surface area contributed by atoms with Crippen LogP contribution in [0.25, 0.3) is 0 Å². The summed E-state index contributed by atoms with van der Waals surface area (Å²) in [5, 5.41) is 14.6. The Morgan fingerprint density at radius 1 is 1.38 bits per heavy atom. The van der Waals surface area contributed by atoms with Crippen LogP contribution in [-0.2, 0) is 9.53 Å². The van der Waals surface area contributed by atoms with Gasteiger partial charge in [-0.1, -0.05) is 30.3 Å². The Morgan fingerprint density at radius 3 is 2.57 bits per heavy atom. The van der Waals surface area contributed by atoms with Crippen molar-refractivity contribution in [3.8, 4) is 0 Å². The van der Waals surface area contributed by atoms with Crippen molar-refractivity contribution in [3.05, 3.63) is 35.9 Å². The summed E-state index contributed by atoms with van der Waals surface area (Å²) in [6.45, 7) is 4.36. The molecule has 1 aliphatic rings. The predicted molar refractivity (Wildman–Crippen MR) is 76.9 cm³/mol. The van der Waals surface area contributed by atoms with Gasteiger partial charge >= 0.3 is 12.0 Å². The monoisotopic (exact) mass is 292 g/mol. The highest BCUT2D eigenvalue weighted by Crippen LogP contribution is 2.25. The van der Waals surface area contributed by atoms with Crippen molar-refractivity contribution in [2.75, 3.05) is 6.61 Å². The molecule has 0 saturated carbocycles. The first kappa shape index (κ1) is 15.3. The molecule has 114 valence electrons. The number of amides is 2. The van der Waals surface area contributed by atoms with Crippen LogP contribution in [0.5, 0.6) is 0 Å². The number of nitrogens with one attached hydrogen (secondary N) is 2. The van der Waals surface area contributed by atoms with Gasteiger partial charge in [0.15, 0.2) is 6.04 Å². The average molecular weight is 292 g/mol. The van der Waals surface area contributed by atoms with Crippen LogP contribution in [0.2, 0.25) is 0 Å². The highest BCUT2D eigenvalue weighted by Gasteiger charge is 2.38. The van der Waals surface area contributed by atoms with E-state index in [0.29, 0.717) is 18.6 Å². The van der Waals surface area contributed by atoms with Crippen LogP contribution in [0.3, 0.4) is 0 Å². The van der Waals surface area contributed by atoms with E-state index in [4.69, 9.17) is 4.74 Å². The van der Waals surface area contributed by atoms with Gasteiger partial charge < -0.3 is 20.5 Å². The average Bonchev–Trinajstić information content (AvgIpc) is 2.76. The molecule has 21 heavy (non-hydrogen) atoms. The van der Waals surface area contributed by atoms with Gasteiger partial charge in [-0.3, -0.25) is 0 Å². The second kappa shape index (κ2) is 6.13. The van der Waals surface area contributed by atoms with Gasteiger partial charge in [-0.05, 0) is 25.8 Å². The van der Waals surface area contributed by atoms with Gasteiger partial charge in [-0.25, -0.2) is 9.59 Å². The number of urea groups is 1. The molecule has 1 saturated heterocycles. The maximum absolute atomic E-state index is 12.1. The number of rotatable bonds is 4. The number of benzene rings is 1. The molecule has 1 heterocycles. The van der Waals surface area contributed by atoms with Gasteiger partial charge in [0.1, 0.15) is 0 Å². The third kappa shape index (κ3) is 3.52. The van der Waals surface area contributed by atoms with E-state index in [2.05, 4.69) is 10.6 Å². The standard InChI is InChI=1S/C15H20N2O4/c1-10-15(2,8-9-21-10)17-14(20)16-12(13(18)19)11-6-4-3-5-7-11/h3-7,10,12H,8-9H2,1-2H3,(H,18,19)(H2,16,17,20)/t10?,12-,15?/m1/s1. The fourth-order valence-corrected chi connectivity index (χ4v) is 2.36. The zero-order valence-corrected chi connectivity index (χ0v) is 12.1. The third-order valence-electron chi connectivity index (χ3n) is 3.94. The summed E-state index contributed by atoms with van der Waals surface area (Å²) in [6.07, 6.45) is 0.591. The normalized spacial score (nSPS) is 26.1. The second-order valence-corrected chi connectivity index (χ2v) is 5.46. The lowest BCUT2D eigenvalue weighted by Gasteiger charge is -2.29. The number of aliphatic carboxylic acids is 1. The first-order chi connectivity index (χ1) is 9.92. The molecule has 0 bridgehead atoms. The summed E-state index contributed by atoms with van der Waals surface area (Å²) in [4.78, 5) is 23.4. The van der Waals surface area contributed by atoms with E-state index in [1.165, 1.54) is 0 Å². The van der Waals surface area contributed by atoms with Crippen LogP contribution in [-0.4, -0.2) is 35.4 Å². The third-order valence-corrected chi connectivity index (χ3v) is 3.94. The molecule has 3 N–H and O–H groups in total. The van der Waals surface area contributed by atoms with E-state index in [0.717, 1.165) is 0 Å². The molecule has 0 aromatic heterocycles. The van der Waals surface area contributed by atoms with E-state index >= 15 is 0 Å². The summed E-state index contributed by atoms with van der Waals surface area (Å²) in [7, 11) is 0. The number of hydrogen-bond donors (Lipinski definition) is 3. The van der Waals surface area contributed by atoms with E-state index in [1.54, 1.807) is 30.3 Å². The Bertz CT molecular complexity index is 520. The van der Waals surface area contributed by atoms with Crippen LogP contribution < -0.4 is 10.6 Å². The van der Waals surface area contributed by atoms with Crippen molar-refractivity contribution in [3.63, 3.8) is 0 Å². The quantitative estimate of drug-likeness (QED) is 0.788. The summed E-state index contributed by atoms with van der Waals surface area (Å²) < 4.78 is 5.45. The van der Waals surface area contributed by atoms with Crippen molar-refractivity contribution >= 4 is 12.0 Å². The number of carbonyl (C=O) groups excluding carboxylic acids is 1. The number of carboxylic acids is 1. The van der Waals surface area contributed by atoms with Gasteiger partial charge in [0.05, 0.1) is 11.6 Å². The zero-order chi connectivity index (χ0) is 15.5. The minimum absolute atomic E-state index is 0.108. The molecule has 6 heteroatoms. The molecular formula is C15H20N2O4. The molecule has 0 spiro atoms. The molecule has 6 nitrogen and oxygen atoms in total. The van der Waals surface area contributed by atoms with Crippen LogP contribution in [0, 0.1) is 0 Å². The maximum atomic E-state index is 12.1. The molecule has 2 unspecified atom stereocenters. The van der Waals surface area contributed by atoms with Crippen molar-refractivity contribution in [2.45, 2.75) is 38.0 Å². The zero-order valence-electron chi connectivity index (χ0n) is 12.1. The lowest BCUT2D eigenvalue weighted by molar-refractivity contribution is -0.139. The SMILES string of the molecule is CC1OCCC1(C)NC(=O)N[C@@H](C(=O)O)c1ccccc1. The van der Waals surface area contributed by atoms with E-state index in [-0.39, 0.29) is 6.10 Å². The summed E-state index contributed by atoms with van der Waals surface area (Å²) in [5.41, 5.74) is 0.0464. The molecule has 1 aromatic rings. The summed E-state index contributed by atoms with van der Waals surface area (Å²) in [5.74, 6) is -1.10. The van der Waals surface area contributed by atoms with Gasteiger partial charge in [0.2, 0.25) is 0 Å². The van der Waals surface area contributed by atoms with Gasteiger partial charge in [-0.15, -0.1) is 0 Å². The first-order valence-corrected chi connectivity index (χ1v) is 6.90. The first-order valence-electron chi connectivity index (χ1n) is 6.90. The highest BCUT2D eigenvalue weighted by atomic mass is 16.5. The van der Waals surface area contributed by atoms with E-state index in [1.807, 2.05) is 13.8 Å². The Morgan fingerprint density at radius 2 is 2.05 bits per heavy atom. The van der Waals surface area contributed by atoms with E-state index < -0.39 is 23.6 Å². The number of hydrogen-bond acceptors (Lipinski definition) is 3. The summed E-state index contributed by atoms with van der Waals surface area (Å²) >= 11 is 0. The maximum Gasteiger partial charge on any atom is 0.330 e. The fraction of sp³-hybridized carbons (Fsp3) is 0.467. The topological polar surface area (TPSA) is 87.7 Å². The van der Waals surface area contributed by atoms with Crippen molar-refractivity contribution < 1.29 is 19.4 Å². The van der Waals surface area contributed by atoms with E-state index in [9.17, 15) is 14.7 Å². The van der Waals surface area contributed by atoms with Gasteiger partial charge in [0.25, 0.3) is 0 Å². The number of carboxylic acid groups (broad SMARTS) is 1. The molecule has 0 aliphatic carbocycles. The molecule has 1 aliphatic heterocycles. The molecule has 2 amide bonds. The van der Waals surface area contributed by atoms with Crippen LogP contribution in [0.1, 0.15) is 31.9 Å². The van der Waals surface area contributed by atoms with Crippen molar-refractivity contribution in [1.29, 1.82) is 0 Å². The highest BCUT2D eigenvalue weighted by molar-refractivity contribution is 5.84. The van der Waals surface area contributed by atoms with Gasteiger partial charge in [-0.2, -0.15) is 0 Å². The lowest BCUT2D eigenvalue weighted by atomic mass is 9.95. The fourth-order valence-electron chi connectivity index (χ4n) is 2.36. The van der Waals surface area contributed by atoms with Gasteiger partial charge in [0, 0.05) is 6.61 Å².